The van der Waals surface area contributed by atoms with E-state index in [0.29, 0.717) is 47.6 Å². The van der Waals surface area contributed by atoms with Crippen molar-refractivity contribution >= 4 is 17.5 Å². The monoisotopic (exact) mass is 481 g/mol. The molecule has 0 saturated heterocycles. The number of nitrogens with one attached hydrogen (secondary N) is 2. The average Bonchev–Trinajstić information content (AvgIpc) is 3.36. The fourth-order valence-corrected chi connectivity index (χ4v) is 4.23. The molecule has 1 aromatic heterocycles. The number of rotatable bonds is 8. The third-order valence-corrected chi connectivity index (χ3v) is 5.89. The number of anilines is 2. The van der Waals surface area contributed by atoms with Gasteiger partial charge in [-0.1, -0.05) is 54.6 Å². The maximum Gasteiger partial charge on any atom is 0.255 e. The molecule has 0 radical (unpaired) electrons. The first-order valence-electron chi connectivity index (χ1n) is 11.8. The molecular weight excluding hydrogens is 454 g/mol. The number of para-hydroxylation sites is 1. The molecule has 2 N–H and O–H groups in total. The lowest BCUT2D eigenvalue weighted by Crippen LogP contribution is -2.31. The van der Waals surface area contributed by atoms with E-state index in [2.05, 4.69) is 20.7 Å². The van der Waals surface area contributed by atoms with Crippen molar-refractivity contribution in [2.45, 2.75) is 26.5 Å². The van der Waals surface area contributed by atoms with Gasteiger partial charge in [0.05, 0.1) is 12.2 Å². The summed E-state index contributed by atoms with van der Waals surface area (Å²) in [6, 6.07) is 24.6. The Kier molecular flexibility index (Phi) is 6.66. The van der Waals surface area contributed by atoms with Crippen LogP contribution in [0.15, 0.2) is 96.5 Å². The first kappa shape index (κ1) is 23.2. The van der Waals surface area contributed by atoms with Gasteiger partial charge in [-0.15, -0.1) is 0 Å². The van der Waals surface area contributed by atoms with Crippen molar-refractivity contribution < 1.29 is 14.3 Å². The van der Waals surface area contributed by atoms with Crippen molar-refractivity contribution in [2.75, 3.05) is 17.2 Å². The molecule has 4 aromatic rings. The number of ether oxygens (including phenoxy) is 2. The SMILES string of the molecule is CCOc1cc(C2C(C(=O)Nc3ccccc3)=C(C)Nc3ncnn32)ccc1OCc1ccccc1. The van der Waals surface area contributed by atoms with E-state index in [-0.39, 0.29) is 5.91 Å². The van der Waals surface area contributed by atoms with Crippen molar-refractivity contribution in [3.8, 4) is 11.5 Å². The molecule has 182 valence electrons. The van der Waals surface area contributed by atoms with Gasteiger partial charge in [-0.25, -0.2) is 4.68 Å². The maximum absolute atomic E-state index is 13.5. The Morgan fingerprint density at radius 3 is 2.50 bits per heavy atom. The molecule has 0 bridgehead atoms. The van der Waals surface area contributed by atoms with Gasteiger partial charge in [0.2, 0.25) is 5.95 Å². The van der Waals surface area contributed by atoms with E-state index in [0.717, 1.165) is 11.1 Å². The minimum atomic E-state index is -0.505. The van der Waals surface area contributed by atoms with E-state index in [4.69, 9.17) is 9.47 Å². The number of carbonyl (C=O) groups is 1. The summed E-state index contributed by atoms with van der Waals surface area (Å²) in [6.45, 7) is 4.69. The second kappa shape index (κ2) is 10.4. The molecule has 5 rings (SSSR count). The fourth-order valence-electron chi connectivity index (χ4n) is 4.23. The first-order chi connectivity index (χ1) is 17.6. The summed E-state index contributed by atoms with van der Waals surface area (Å²) in [5.41, 5.74) is 3.85. The molecule has 1 amide bonds. The number of carbonyl (C=O) groups excluding carboxylic acids is 1. The molecule has 1 unspecified atom stereocenters. The number of hydrogen-bond acceptors (Lipinski definition) is 6. The van der Waals surface area contributed by atoms with E-state index >= 15 is 0 Å². The number of nitrogens with zero attached hydrogens (tertiary/aromatic N) is 3. The van der Waals surface area contributed by atoms with Gasteiger partial charge in [0, 0.05) is 11.4 Å². The highest BCUT2D eigenvalue weighted by molar-refractivity contribution is 6.06. The van der Waals surface area contributed by atoms with Crippen LogP contribution in [-0.2, 0) is 11.4 Å². The van der Waals surface area contributed by atoms with Gasteiger partial charge in [0.15, 0.2) is 11.5 Å². The topological polar surface area (TPSA) is 90.3 Å². The molecule has 2 heterocycles. The molecule has 8 nitrogen and oxygen atoms in total. The number of fused-ring (bicyclic) bond motifs is 1. The van der Waals surface area contributed by atoms with Crippen molar-refractivity contribution in [3.05, 3.63) is 108 Å². The van der Waals surface area contributed by atoms with Crippen LogP contribution in [0.5, 0.6) is 11.5 Å². The summed E-state index contributed by atoms with van der Waals surface area (Å²) in [7, 11) is 0. The Balaban J connectivity index is 1.50. The molecule has 1 aliphatic rings. The predicted molar refractivity (Wildman–Crippen MR) is 138 cm³/mol. The Labute approximate surface area is 209 Å². The second-order valence-corrected chi connectivity index (χ2v) is 8.33. The number of allylic oxidation sites excluding steroid dienone is 1. The van der Waals surface area contributed by atoms with E-state index in [1.54, 1.807) is 4.68 Å². The average molecular weight is 482 g/mol. The van der Waals surface area contributed by atoms with Gasteiger partial charge >= 0.3 is 0 Å². The van der Waals surface area contributed by atoms with Gasteiger partial charge in [-0.05, 0) is 49.2 Å². The molecule has 1 aliphatic heterocycles. The smallest absolute Gasteiger partial charge is 0.255 e. The van der Waals surface area contributed by atoms with E-state index in [1.165, 1.54) is 6.33 Å². The fraction of sp³-hybridized carbons (Fsp3) is 0.179. The summed E-state index contributed by atoms with van der Waals surface area (Å²) in [4.78, 5) is 17.8. The Morgan fingerprint density at radius 2 is 1.75 bits per heavy atom. The Hall–Kier alpha value is -4.59. The van der Waals surface area contributed by atoms with Gasteiger partial charge in [0.1, 0.15) is 19.0 Å². The van der Waals surface area contributed by atoms with Crippen LogP contribution in [-0.4, -0.2) is 27.3 Å². The zero-order valence-corrected chi connectivity index (χ0v) is 20.1. The molecule has 3 aromatic carbocycles. The van der Waals surface area contributed by atoms with Crippen LogP contribution in [0.3, 0.4) is 0 Å². The number of amides is 1. The molecule has 36 heavy (non-hydrogen) atoms. The largest absolute Gasteiger partial charge is 0.490 e. The van der Waals surface area contributed by atoms with Crippen molar-refractivity contribution in [3.63, 3.8) is 0 Å². The highest BCUT2D eigenvalue weighted by atomic mass is 16.5. The van der Waals surface area contributed by atoms with Crippen molar-refractivity contribution in [1.82, 2.24) is 14.8 Å². The third kappa shape index (κ3) is 4.79. The zero-order chi connectivity index (χ0) is 24.9. The van der Waals surface area contributed by atoms with Crippen LogP contribution in [0.2, 0.25) is 0 Å². The summed E-state index contributed by atoms with van der Waals surface area (Å²) in [6.07, 6.45) is 1.47. The predicted octanol–water partition coefficient (Wildman–Crippen LogP) is 5.18. The van der Waals surface area contributed by atoms with Crippen LogP contribution >= 0.6 is 0 Å². The summed E-state index contributed by atoms with van der Waals surface area (Å²) >= 11 is 0. The van der Waals surface area contributed by atoms with Gasteiger partial charge in [0.25, 0.3) is 5.91 Å². The number of hydrogen-bond donors (Lipinski definition) is 2. The Morgan fingerprint density at radius 1 is 1.00 bits per heavy atom. The summed E-state index contributed by atoms with van der Waals surface area (Å²) in [5.74, 6) is 1.58. The second-order valence-electron chi connectivity index (χ2n) is 8.33. The third-order valence-electron chi connectivity index (χ3n) is 5.89. The summed E-state index contributed by atoms with van der Waals surface area (Å²) in [5, 5.41) is 10.6. The van der Waals surface area contributed by atoms with Crippen molar-refractivity contribution in [2.24, 2.45) is 0 Å². The standard InChI is InChI=1S/C28H27N5O3/c1-3-35-24-16-21(14-15-23(24)36-17-20-10-6-4-7-11-20)26-25(19(2)31-28-29-18-30-33(26)28)27(34)32-22-12-8-5-9-13-22/h4-16,18,26H,3,17H2,1-2H3,(H,32,34)(H,29,30,31). The van der Waals surface area contributed by atoms with Crippen LogP contribution in [0.25, 0.3) is 0 Å². The normalized spacial score (nSPS) is 14.6. The minimum Gasteiger partial charge on any atom is -0.490 e. The van der Waals surface area contributed by atoms with Crippen LogP contribution in [0.4, 0.5) is 11.6 Å². The quantitative estimate of drug-likeness (QED) is 0.360. The molecule has 0 fully saturated rings. The molecule has 1 atom stereocenters. The lowest BCUT2D eigenvalue weighted by atomic mass is 9.94. The first-order valence-corrected chi connectivity index (χ1v) is 11.8. The van der Waals surface area contributed by atoms with E-state index < -0.39 is 6.04 Å². The molecule has 0 saturated carbocycles. The van der Waals surface area contributed by atoms with Crippen molar-refractivity contribution in [1.29, 1.82) is 0 Å². The van der Waals surface area contributed by atoms with E-state index in [9.17, 15) is 4.79 Å². The zero-order valence-electron chi connectivity index (χ0n) is 20.1. The molecular formula is C28H27N5O3. The van der Waals surface area contributed by atoms with Crippen LogP contribution < -0.4 is 20.1 Å². The molecule has 0 aliphatic carbocycles. The number of aromatic nitrogens is 3. The summed E-state index contributed by atoms with van der Waals surface area (Å²) < 4.78 is 13.7. The van der Waals surface area contributed by atoms with Gasteiger partial charge in [-0.2, -0.15) is 10.1 Å². The van der Waals surface area contributed by atoms with Gasteiger partial charge < -0.3 is 20.1 Å². The van der Waals surface area contributed by atoms with Crippen LogP contribution in [0.1, 0.15) is 31.0 Å². The maximum atomic E-state index is 13.5. The van der Waals surface area contributed by atoms with Gasteiger partial charge in [-0.3, -0.25) is 4.79 Å². The minimum absolute atomic E-state index is 0.222. The lowest BCUT2D eigenvalue weighted by molar-refractivity contribution is -0.113. The molecule has 8 heteroatoms. The Bertz CT molecular complexity index is 1380. The molecule has 0 spiro atoms. The highest BCUT2D eigenvalue weighted by Gasteiger charge is 2.34. The van der Waals surface area contributed by atoms with E-state index in [1.807, 2.05) is 92.7 Å². The number of benzene rings is 3. The highest BCUT2D eigenvalue weighted by Crippen LogP contribution is 2.39. The van der Waals surface area contributed by atoms with Crippen LogP contribution in [0, 0.1) is 0 Å². The lowest BCUT2D eigenvalue weighted by Gasteiger charge is -2.29.